The molecule has 31 heavy (non-hydrogen) atoms. The monoisotopic (exact) mass is 416 g/mol. The maximum Gasteiger partial charge on any atom is 0.336 e. The van der Waals surface area contributed by atoms with Gasteiger partial charge in [-0.25, -0.2) is 9.80 Å². The van der Waals surface area contributed by atoms with Gasteiger partial charge in [-0.2, -0.15) is 5.10 Å². The van der Waals surface area contributed by atoms with E-state index in [1.165, 1.54) is 17.1 Å². The highest BCUT2D eigenvalue weighted by molar-refractivity contribution is 6.08. The van der Waals surface area contributed by atoms with E-state index in [-0.39, 0.29) is 16.9 Å². The van der Waals surface area contributed by atoms with Crippen molar-refractivity contribution < 1.29 is 24.5 Å². The lowest BCUT2D eigenvalue weighted by Crippen LogP contribution is -2.28. The van der Waals surface area contributed by atoms with Crippen LogP contribution in [-0.4, -0.2) is 39.9 Å². The Hall–Kier alpha value is -4.13. The van der Waals surface area contributed by atoms with Gasteiger partial charge in [0.25, 0.3) is 5.91 Å². The topological polar surface area (TPSA) is 99.4 Å². The zero-order chi connectivity index (χ0) is 22.0. The molecule has 4 rings (SSSR count). The molecule has 0 aromatic heterocycles. The number of aromatic carboxylic acids is 1. The fourth-order valence-corrected chi connectivity index (χ4v) is 3.65. The molecular weight excluding hydrogens is 396 g/mol. The van der Waals surface area contributed by atoms with Crippen LogP contribution in [0.3, 0.4) is 0 Å². The van der Waals surface area contributed by atoms with E-state index in [1.807, 2.05) is 12.1 Å². The molecule has 1 aliphatic heterocycles. The molecule has 0 saturated heterocycles. The predicted octanol–water partition coefficient (Wildman–Crippen LogP) is 4.09. The molecule has 1 atom stereocenters. The van der Waals surface area contributed by atoms with Crippen molar-refractivity contribution in [2.75, 3.05) is 7.11 Å². The van der Waals surface area contributed by atoms with Crippen LogP contribution in [0.5, 0.6) is 11.5 Å². The number of hydrogen-bond acceptors (Lipinski definition) is 5. The summed E-state index contributed by atoms with van der Waals surface area (Å²) < 4.78 is 5.20. The first-order valence-electron chi connectivity index (χ1n) is 9.65. The predicted molar refractivity (Wildman–Crippen MR) is 115 cm³/mol. The summed E-state index contributed by atoms with van der Waals surface area (Å²) in [6.45, 7) is 0. The third-order valence-corrected chi connectivity index (χ3v) is 5.23. The van der Waals surface area contributed by atoms with Crippen LogP contribution in [0.15, 0.2) is 77.9 Å². The maximum atomic E-state index is 13.4. The van der Waals surface area contributed by atoms with Crippen LogP contribution in [0.2, 0.25) is 0 Å². The molecule has 0 bridgehead atoms. The van der Waals surface area contributed by atoms with E-state index in [0.29, 0.717) is 23.4 Å². The number of ether oxygens (including phenoxy) is 1. The Morgan fingerprint density at radius 3 is 2.26 bits per heavy atom. The van der Waals surface area contributed by atoms with Gasteiger partial charge in [0, 0.05) is 12.0 Å². The standard InChI is InChI=1S/C24H20N2O5/c1-31-16-12-10-15(11-13-16)20-14-21(19-8-4-5-9-22(19)27)26(25-20)23(28)17-6-2-3-7-18(17)24(29)30/h2-13,21,27H,14H2,1H3,(H,29,30)/t21-/m1/s1. The number of carboxylic acids is 1. The molecule has 1 aliphatic rings. The van der Waals surface area contributed by atoms with Gasteiger partial charge in [0.15, 0.2) is 0 Å². The largest absolute Gasteiger partial charge is 0.508 e. The van der Waals surface area contributed by atoms with E-state index in [9.17, 15) is 19.8 Å². The SMILES string of the molecule is COc1ccc(C2=NN(C(=O)c3ccccc3C(=O)O)[C@@H](c3ccccc3O)C2)cc1. The summed E-state index contributed by atoms with van der Waals surface area (Å²) in [6, 6.07) is 19.5. The van der Waals surface area contributed by atoms with Gasteiger partial charge >= 0.3 is 5.97 Å². The number of benzene rings is 3. The summed E-state index contributed by atoms with van der Waals surface area (Å²) in [5, 5.41) is 25.7. The number of nitrogens with zero attached hydrogens (tertiary/aromatic N) is 2. The molecule has 0 saturated carbocycles. The van der Waals surface area contributed by atoms with E-state index in [0.717, 1.165) is 5.56 Å². The van der Waals surface area contributed by atoms with Crippen LogP contribution in [0, 0.1) is 0 Å². The number of hydrogen-bond donors (Lipinski definition) is 2. The number of rotatable bonds is 5. The highest BCUT2D eigenvalue weighted by Gasteiger charge is 2.36. The normalized spacial score (nSPS) is 15.5. The quantitative estimate of drug-likeness (QED) is 0.653. The van der Waals surface area contributed by atoms with E-state index < -0.39 is 17.9 Å². The molecule has 0 radical (unpaired) electrons. The van der Waals surface area contributed by atoms with Crippen LogP contribution < -0.4 is 4.74 Å². The zero-order valence-corrected chi connectivity index (χ0v) is 16.7. The average molecular weight is 416 g/mol. The third-order valence-electron chi connectivity index (χ3n) is 5.23. The minimum absolute atomic E-state index is 0.0372. The Morgan fingerprint density at radius 1 is 0.968 bits per heavy atom. The number of methoxy groups -OCH3 is 1. The molecule has 2 N–H and O–H groups in total. The van der Waals surface area contributed by atoms with Crippen LogP contribution >= 0.6 is 0 Å². The first-order valence-corrected chi connectivity index (χ1v) is 9.65. The fourth-order valence-electron chi connectivity index (χ4n) is 3.65. The van der Waals surface area contributed by atoms with E-state index in [2.05, 4.69) is 5.10 Å². The molecule has 7 nitrogen and oxygen atoms in total. The minimum Gasteiger partial charge on any atom is -0.508 e. The van der Waals surface area contributed by atoms with Crippen LogP contribution in [0.4, 0.5) is 0 Å². The minimum atomic E-state index is -1.19. The van der Waals surface area contributed by atoms with E-state index >= 15 is 0 Å². The van der Waals surface area contributed by atoms with Gasteiger partial charge in [0.2, 0.25) is 0 Å². The van der Waals surface area contributed by atoms with E-state index in [1.54, 1.807) is 55.6 Å². The second-order valence-corrected chi connectivity index (χ2v) is 7.05. The van der Waals surface area contributed by atoms with Crippen molar-refractivity contribution in [3.63, 3.8) is 0 Å². The number of amides is 1. The Balaban J connectivity index is 1.78. The Morgan fingerprint density at radius 2 is 1.61 bits per heavy atom. The first kappa shape index (κ1) is 20.2. The number of carbonyl (C=O) groups is 2. The smallest absolute Gasteiger partial charge is 0.336 e. The number of phenols is 1. The van der Waals surface area contributed by atoms with Crippen LogP contribution in [-0.2, 0) is 0 Å². The van der Waals surface area contributed by atoms with Crippen molar-refractivity contribution in [1.29, 1.82) is 0 Å². The Labute approximate surface area is 178 Å². The van der Waals surface area contributed by atoms with Crippen molar-refractivity contribution >= 4 is 17.6 Å². The summed E-state index contributed by atoms with van der Waals surface area (Å²) in [6.07, 6.45) is 0.366. The molecule has 0 spiro atoms. The van der Waals surface area contributed by atoms with Crippen molar-refractivity contribution in [3.05, 3.63) is 95.1 Å². The van der Waals surface area contributed by atoms with Gasteiger partial charge in [-0.15, -0.1) is 0 Å². The molecule has 3 aromatic carbocycles. The number of phenolic OH excluding ortho intramolecular Hbond substituents is 1. The summed E-state index contributed by atoms with van der Waals surface area (Å²) in [4.78, 5) is 25.0. The maximum absolute atomic E-state index is 13.4. The molecule has 7 heteroatoms. The summed E-state index contributed by atoms with van der Waals surface area (Å²) >= 11 is 0. The molecular formula is C24H20N2O5. The lowest BCUT2D eigenvalue weighted by Gasteiger charge is -2.23. The average Bonchev–Trinajstić information content (AvgIpc) is 3.24. The van der Waals surface area contributed by atoms with Gasteiger partial charge in [-0.3, -0.25) is 4.79 Å². The second kappa shape index (κ2) is 8.31. The molecule has 0 fully saturated rings. The van der Waals surface area contributed by atoms with Gasteiger partial charge < -0.3 is 14.9 Å². The highest BCUT2D eigenvalue weighted by Crippen LogP contribution is 2.38. The lowest BCUT2D eigenvalue weighted by molar-refractivity contribution is 0.0660. The summed E-state index contributed by atoms with van der Waals surface area (Å²) in [5.74, 6) is -0.998. The van der Waals surface area contributed by atoms with E-state index in [4.69, 9.17) is 4.74 Å². The molecule has 156 valence electrons. The number of aromatic hydroxyl groups is 1. The zero-order valence-electron chi connectivity index (χ0n) is 16.7. The lowest BCUT2D eigenvalue weighted by atomic mass is 9.97. The van der Waals surface area contributed by atoms with Crippen molar-refractivity contribution in [3.8, 4) is 11.5 Å². The van der Waals surface area contributed by atoms with Crippen molar-refractivity contribution in [2.45, 2.75) is 12.5 Å². The Bertz CT molecular complexity index is 1170. The summed E-state index contributed by atoms with van der Waals surface area (Å²) in [7, 11) is 1.58. The van der Waals surface area contributed by atoms with Crippen LogP contribution in [0.1, 0.15) is 44.3 Å². The molecule has 3 aromatic rings. The van der Waals surface area contributed by atoms with Gasteiger partial charge in [-0.1, -0.05) is 30.3 Å². The van der Waals surface area contributed by atoms with Crippen LogP contribution in [0.25, 0.3) is 0 Å². The summed E-state index contributed by atoms with van der Waals surface area (Å²) in [5.41, 5.74) is 1.93. The molecule has 0 unspecified atom stereocenters. The van der Waals surface area contributed by atoms with Crippen molar-refractivity contribution in [2.24, 2.45) is 5.10 Å². The second-order valence-electron chi connectivity index (χ2n) is 7.05. The number of para-hydroxylation sites is 1. The number of carbonyl (C=O) groups excluding carboxylic acids is 1. The van der Waals surface area contributed by atoms with Gasteiger partial charge in [-0.05, 0) is 48.0 Å². The third kappa shape index (κ3) is 3.85. The number of carboxylic acid groups (broad SMARTS) is 1. The number of hydrazone groups is 1. The Kier molecular flexibility index (Phi) is 5.41. The van der Waals surface area contributed by atoms with Gasteiger partial charge in [0.05, 0.1) is 30.0 Å². The molecule has 0 aliphatic carbocycles. The highest BCUT2D eigenvalue weighted by atomic mass is 16.5. The molecule has 1 heterocycles. The fraction of sp³-hybridized carbons (Fsp3) is 0.125. The van der Waals surface area contributed by atoms with Crippen molar-refractivity contribution in [1.82, 2.24) is 5.01 Å². The molecule has 1 amide bonds. The van der Waals surface area contributed by atoms with Gasteiger partial charge in [0.1, 0.15) is 11.5 Å². The first-order chi connectivity index (χ1) is 15.0.